The van der Waals surface area contributed by atoms with Gasteiger partial charge in [-0.05, 0) is 57.2 Å². The van der Waals surface area contributed by atoms with E-state index in [1.807, 2.05) is 34.6 Å². The minimum absolute atomic E-state index is 0.00592. The smallest absolute Gasteiger partial charge is 0.414 e. The topological polar surface area (TPSA) is 107 Å². The fourth-order valence-electron chi connectivity index (χ4n) is 5.95. The summed E-state index contributed by atoms with van der Waals surface area (Å²) in [6.45, 7) is 5.36. The van der Waals surface area contributed by atoms with E-state index in [0.717, 1.165) is 41.5 Å². The number of nitrogens with zero attached hydrogens (tertiary/aromatic N) is 5. The lowest BCUT2D eigenvalue weighted by Gasteiger charge is -2.34. The number of benzene rings is 1. The number of hydrogen-bond acceptors (Lipinski definition) is 6. The summed E-state index contributed by atoms with van der Waals surface area (Å²) >= 11 is 0. The normalized spacial score (nSPS) is 18.8. The van der Waals surface area contributed by atoms with Crippen molar-refractivity contribution in [3.8, 4) is 0 Å². The lowest BCUT2D eigenvalue weighted by molar-refractivity contribution is -0.131. The maximum absolute atomic E-state index is 13.4. The van der Waals surface area contributed by atoms with Gasteiger partial charge in [-0.15, -0.1) is 0 Å². The highest BCUT2D eigenvalue weighted by Crippen LogP contribution is 2.36. The van der Waals surface area contributed by atoms with E-state index in [0.29, 0.717) is 38.3 Å². The number of carbonyl (C=O) groups is 3. The van der Waals surface area contributed by atoms with Gasteiger partial charge in [0, 0.05) is 56.3 Å². The van der Waals surface area contributed by atoms with Gasteiger partial charge in [0.15, 0.2) is 0 Å². The highest BCUT2D eigenvalue weighted by molar-refractivity contribution is 5.95. The number of aryl methyl sites for hydroxylation is 3. The molecule has 2 aromatic heterocycles. The van der Waals surface area contributed by atoms with Gasteiger partial charge in [-0.25, -0.2) is 9.78 Å². The number of carbonyl (C=O) groups excluding carboxylic acids is 3. The minimum Gasteiger partial charge on any atom is -0.452 e. The average molecular weight is 534 g/mol. The van der Waals surface area contributed by atoms with Crippen molar-refractivity contribution in [1.82, 2.24) is 19.0 Å². The van der Waals surface area contributed by atoms with E-state index >= 15 is 0 Å². The van der Waals surface area contributed by atoms with Crippen LogP contribution in [0.3, 0.4) is 0 Å². The highest BCUT2D eigenvalue weighted by Gasteiger charge is 2.32. The van der Waals surface area contributed by atoms with Crippen LogP contribution in [0.25, 0.3) is 11.0 Å². The van der Waals surface area contributed by atoms with Gasteiger partial charge >= 0.3 is 6.09 Å². The van der Waals surface area contributed by atoms with Crippen molar-refractivity contribution in [1.29, 1.82) is 0 Å². The van der Waals surface area contributed by atoms with Crippen molar-refractivity contribution in [2.24, 2.45) is 5.92 Å². The molecular weight excluding hydrogens is 498 g/mol. The molecule has 2 aliphatic heterocycles. The molecule has 4 heterocycles. The summed E-state index contributed by atoms with van der Waals surface area (Å²) in [6, 6.07) is 8.88. The molecule has 3 aromatic rings. The van der Waals surface area contributed by atoms with Gasteiger partial charge in [-0.3, -0.25) is 14.5 Å². The number of pyridine rings is 1. The fourth-order valence-corrected chi connectivity index (χ4v) is 5.95. The van der Waals surface area contributed by atoms with Crippen LogP contribution in [0.15, 0.2) is 41.3 Å². The summed E-state index contributed by atoms with van der Waals surface area (Å²) in [6.07, 6.45) is 4.65. The molecule has 0 spiro atoms. The first-order valence-corrected chi connectivity index (χ1v) is 13.6. The molecule has 0 saturated carbocycles. The van der Waals surface area contributed by atoms with E-state index in [9.17, 15) is 19.2 Å². The molecular formula is C29H35N5O5. The van der Waals surface area contributed by atoms with Gasteiger partial charge in [0.2, 0.25) is 5.91 Å². The largest absolute Gasteiger partial charge is 0.452 e. The third kappa shape index (κ3) is 5.32. The first kappa shape index (κ1) is 26.6. The summed E-state index contributed by atoms with van der Waals surface area (Å²) in [7, 11) is 1.38. The van der Waals surface area contributed by atoms with Gasteiger partial charge < -0.3 is 23.6 Å². The zero-order valence-electron chi connectivity index (χ0n) is 22.8. The number of aromatic nitrogens is 3. The molecule has 10 heteroatoms. The quantitative estimate of drug-likeness (QED) is 0.462. The fraction of sp³-hybridized carbons (Fsp3) is 0.483. The van der Waals surface area contributed by atoms with Gasteiger partial charge in [-0.2, -0.15) is 0 Å². The number of fused-ring (bicyclic) bond motifs is 3. The number of likely N-dealkylation sites (tertiary alicyclic amines) is 1. The van der Waals surface area contributed by atoms with Crippen LogP contribution in [0.1, 0.15) is 44.5 Å². The molecule has 2 amide bonds. The number of amides is 2. The number of ether oxygens (including phenoxy) is 1. The van der Waals surface area contributed by atoms with Crippen LogP contribution in [0.2, 0.25) is 0 Å². The maximum atomic E-state index is 13.4. The predicted molar refractivity (Wildman–Crippen MR) is 147 cm³/mol. The van der Waals surface area contributed by atoms with Crippen LogP contribution in [-0.2, 0) is 40.3 Å². The molecule has 0 radical (unpaired) electrons. The Morgan fingerprint density at radius 2 is 1.95 bits per heavy atom. The third-order valence-corrected chi connectivity index (χ3v) is 7.95. The summed E-state index contributed by atoms with van der Waals surface area (Å²) in [5.74, 6) is 1.05. The maximum Gasteiger partial charge on any atom is 0.414 e. The summed E-state index contributed by atoms with van der Waals surface area (Å²) in [5, 5.41) is 0. The molecule has 10 nitrogen and oxygen atoms in total. The van der Waals surface area contributed by atoms with Gasteiger partial charge in [0.1, 0.15) is 18.2 Å². The zero-order chi connectivity index (χ0) is 27.7. The molecule has 2 aliphatic rings. The number of Topliss-reactive ketones (excluding diaryl/α,β-unsaturated/α-hetero) is 1. The molecule has 2 atom stereocenters. The second-order valence-electron chi connectivity index (χ2n) is 10.7. The number of hydrogen-bond donors (Lipinski definition) is 0. The third-order valence-electron chi connectivity index (χ3n) is 7.95. The van der Waals surface area contributed by atoms with E-state index < -0.39 is 6.09 Å². The Bertz CT molecular complexity index is 1470. The number of rotatable bonds is 7. The van der Waals surface area contributed by atoms with Crippen molar-refractivity contribution in [2.45, 2.75) is 65.1 Å². The summed E-state index contributed by atoms with van der Waals surface area (Å²) < 4.78 is 8.64. The Balaban J connectivity index is 1.50. The van der Waals surface area contributed by atoms with Gasteiger partial charge in [-0.1, -0.05) is 6.07 Å². The molecule has 39 heavy (non-hydrogen) atoms. The average Bonchev–Trinajstić information content (AvgIpc) is 3.52. The molecule has 0 N–H and O–H groups in total. The van der Waals surface area contributed by atoms with Gasteiger partial charge in [0.25, 0.3) is 5.56 Å². The van der Waals surface area contributed by atoms with Gasteiger partial charge in [0.05, 0.1) is 23.8 Å². The molecule has 1 saturated heterocycles. The summed E-state index contributed by atoms with van der Waals surface area (Å²) in [4.78, 5) is 58.5. The molecule has 1 fully saturated rings. The van der Waals surface area contributed by atoms with Crippen molar-refractivity contribution >= 4 is 34.5 Å². The monoisotopic (exact) mass is 533 g/mol. The van der Waals surface area contributed by atoms with Crippen LogP contribution in [0.5, 0.6) is 0 Å². The van der Waals surface area contributed by atoms with Crippen molar-refractivity contribution in [3.05, 3.63) is 58.3 Å². The molecule has 5 rings (SSSR count). The Morgan fingerprint density at radius 1 is 1.13 bits per heavy atom. The highest BCUT2D eigenvalue weighted by atomic mass is 16.5. The SMILES string of the molecule is COC(=O)N1c2ccc3c(nc(CCn4ccccc4=O)n3CC(=O)N3CC[C@H](CC(C)=O)C3)c2CC[C@@H]1C. The number of methoxy groups -OCH3 is 1. The molecule has 0 aliphatic carbocycles. The number of anilines is 1. The van der Waals surface area contributed by atoms with E-state index in [1.54, 1.807) is 28.7 Å². The van der Waals surface area contributed by atoms with Crippen LogP contribution in [-0.4, -0.2) is 63.0 Å². The Kier molecular flexibility index (Phi) is 7.54. The van der Waals surface area contributed by atoms with Crippen molar-refractivity contribution in [3.63, 3.8) is 0 Å². The second-order valence-corrected chi connectivity index (χ2v) is 10.7. The van der Waals surface area contributed by atoms with E-state index in [1.165, 1.54) is 13.2 Å². The first-order chi connectivity index (χ1) is 18.8. The zero-order valence-corrected chi connectivity index (χ0v) is 22.8. The van der Waals surface area contributed by atoms with Crippen LogP contribution in [0.4, 0.5) is 10.5 Å². The second kappa shape index (κ2) is 11.0. The minimum atomic E-state index is -0.407. The predicted octanol–water partition coefficient (Wildman–Crippen LogP) is 3.18. The standard InChI is InChI=1S/C29H35N5O5/c1-19-7-8-22-23(34(19)29(38)39-3)9-10-24-28(22)30-25(12-15-31-13-5-4-6-26(31)36)33(24)18-27(37)32-14-11-21(17-32)16-20(2)35/h4-6,9-10,13,19,21H,7-8,11-12,14-18H2,1-3H3/t19-,21+/m0/s1. The number of ketones is 1. The Morgan fingerprint density at radius 3 is 2.69 bits per heavy atom. The van der Waals surface area contributed by atoms with Crippen LogP contribution < -0.4 is 10.5 Å². The van der Waals surface area contributed by atoms with E-state index in [-0.39, 0.29) is 35.8 Å². The molecule has 206 valence electrons. The first-order valence-electron chi connectivity index (χ1n) is 13.6. The molecule has 0 bridgehead atoms. The van der Waals surface area contributed by atoms with Crippen LogP contribution >= 0.6 is 0 Å². The molecule has 1 aromatic carbocycles. The Labute approximate surface area is 227 Å². The van der Waals surface area contributed by atoms with E-state index in [2.05, 4.69) is 0 Å². The summed E-state index contributed by atoms with van der Waals surface area (Å²) in [5.41, 5.74) is 3.25. The number of imidazole rings is 1. The van der Waals surface area contributed by atoms with Crippen molar-refractivity contribution in [2.75, 3.05) is 25.1 Å². The Hall–Kier alpha value is -3.95. The lowest BCUT2D eigenvalue weighted by Crippen LogP contribution is -2.42. The molecule has 0 unspecified atom stereocenters. The lowest BCUT2D eigenvalue weighted by atomic mass is 9.96. The van der Waals surface area contributed by atoms with Crippen LogP contribution in [0, 0.1) is 5.92 Å². The van der Waals surface area contributed by atoms with Crippen molar-refractivity contribution < 1.29 is 19.1 Å². The van der Waals surface area contributed by atoms with E-state index in [4.69, 9.17) is 9.72 Å².